The molecule has 0 saturated carbocycles. The van der Waals surface area contributed by atoms with Gasteiger partial charge in [-0.25, -0.2) is 0 Å². The second kappa shape index (κ2) is 5.25. The summed E-state index contributed by atoms with van der Waals surface area (Å²) in [4.78, 5) is 10.7. The van der Waals surface area contributed by atoms with Gasteiger partial charge >= 0.3 is 0 Å². The van der Waals surface area contributed by atoms with E-state index < -0.39 is 0 Å². The lowest BCUT2D eigenvalue weighted by Gasteiger charge is -2.05. The first kappa shape index (κ1) is 11.3. The van der Waals surface area contributed by atoms with Gasteiger partial charge < -0.3 is 4.74 Å². The Morgan fingerprint density at radius 2 is 1.88 bits per heavy atom. The van der Waals surface area contributed by atoms with Crippen LogP contribution in [0.1, 0.15) is 11.1 Å². The van der Waals surface area contributed by atoms with Crippen LogP contribution >= 0.6 is 0 Å². The molecule has 0 atom stereocenters. The third-order valence-electron chi connectivity index (χ3n) is 2.57. The van der Waals surface area contributed by atoms with Crippen LogP contribution in [0.15, 0.2) is 48.5 Å². The monoisotopic (exact) mass is 228 g/mol. The Morgan fingerprint density at radius 3 is 2.59 bits per heavy atom. The molecular weight excluding hydrogens is 214 g/mol. The Balaban J connectivity index is 2.07. The third-order valence-corrected chi connectivity index (χ3v) is 2.57. The second-order valence-electron chi connectivity index (χ2n) is 3.85. The maximum atomic E-state index is 10.7. The van der Waals surface area contributed by atoms with E-state index in [9.17, 15) is 4.91 Å². The van der Waals surface area contributed by atoms with Gasteiger partial charge in [-0.3, -0.25) is 0 Å². The molecule has 0 aliphatic heterocycles. The largest absolute Gasteiger partial charge is 0.489 e. The molecule has 1 N–H and O–H groups in total. The molecule has 2 aromatic carbocycles. The Kier molecular flexibility index (Phi) is 3.50. The Bertz CT molecular complexity index is 509. The van der Waals surface area contributed by atoms with Crippen LogP contribution in [0, 0.1) is 11.8 Å². The summed E-state index contributed by atoms with van der Waals surface area (Å²) in [7, 11) is 0. The summed E-state index contributed by atoms with van der Waals surface area (Å²) in [6, 6.07) is 15.3. The van der Waals surface area contributed by atoms with Gasteiger partial charge in [0.25, 0.3) is 5.69 Å². The molecule has 0 amide bonds. The first-order chi connectivity index (χ1) is 8.29. The minimum absolute atomic E-state index is 0.502. The summed E-state index contributed by atoms with van der Waals surface area (Å²) in [5.41, 5.74) is 2.56. The Labute approximate surface area is 100 Å². The highest BCUT2D eigenvalue weighted by molar-refractivity contribution is 5.44. The van der Waals surface area contributed by atoms with Gasteiger partial charge in [0.05, 0.1) is 6.07 Å². The molecule has 0 spiro atoms. The van der Waals surface area contributed by atoms with Crippen LogP contribution in [-0.4, -0.2) is 0 Å². The summed E-state index contributed by atoms with van der Waals surface area (Å²) >= 11 is 0. The number of hydrogen-bond acceptors (Lipinski definition) is 2. The van der Waals surface area contributed by atoms with E-state index in [0.717, 1.165) is 11.1 Å². The van der Waals surface area contributed by atoms with Crippen LogP contribution in [0.4, 0.5) is 5.69 Å². The van der Waals surface area contributed by atoms with Crippen LogP contribution < -0.4 is 9.91 Å². The Morgan fingerprint density at radius 1 is 1.12 bits per heavy atom. The highest BCUT2D eigenvalue weighted by Crippen LogP contribution is 2.19. The first-order valence-corrected chi connectivity index (χ1v) is 5.45. The molecule has 0 saturated heterocycles. The second-order valence-corrected chi connectivity index (χ2v) is 3.85. The zero-order valence-electron chi connectivity index (χ0n) is 9.64. The number of benzene rings is 2. The van der Waals surface area contributed by atoms with Crippen molar-refractivity contribution in [3.63, 3.8) is 0 Å². The van der Waals surface area contributed by atoms with E-state index >= 15 is 0 Å². The van der Waals surface area contributed by atoms with E-state index in [1.807, 2.05) is 54.6 Å². The van der Waals surface area contributed by atoms with E-state index in [1.165, 1.54) is 0 Å². The van der Waals surface area contributed by atoms with Crippen molar-refractivity contribution >= 4 is 5.69 Å². The van der Waals surface area contributed by atoms with Crippen molar-refractivity contribution in [1.82, 2.24) is 0 Å². The van der Waals surface area contributed by atoms with Crippen LogP contribution in [0.25, 0.3) is 0 Å². The molecule has 2 rings (SSSR count). The van der Waals surface area contributed by atoms with Crippen molar-refractivity contribution in [1.29, 1.82) is 0 Å². The van der Waals surface area contributed by atoms with Gasteiger partial charge in [-0.1, -0.05) is 30.3 Å². The molecular formula is C14H14NO2+. The first-order valence-electron chi connectivity index (χ1n) is 5.45. The fraction of sp³-hybridized carbons (Fsp3) is 0.143. The summed E-state index contributed by atoms with van der Waals surface area (Å²) in [5.74, 6) is 0.692. The van der Waals surface area contributed by atoms with Crippen LogP contribution in [0.2, 0.25) is 0 Å². The van der Waals surface area contributed by atoms with E-state index in [2.05, 4.69) is 0 Å². The van der Waals surface area contributed by atoms with E-state index in [0.29, 0.717) is 18.0 Å². The minimum atomic E-state index is 0.502. The van der Waals surface area contributed by atoms with Gasteiger partial charge in [0.1, 0.15) is 12.4 Å². The summed E-state index contributed by atoms with van der Waals surface area (Å²) in [5, 5.41) is 1.90. The molecule has 0 bridgehead atoms. The van der Waals surface area contributed by atoms with Crippen molar-refractivity contribution in [3.8, 4) is 5.75 Å². The van der Waals surface area contributed by atoms with Gasteiger partial charge in [-0.2, -0.15) is 0 Å². The number of nitrogens with one attached hydrogen (secondary N) is 1. The standard InChI is InChI=1S/C14H13NO2/c1-11-7-8-13(9-14(11)15-16)17-10-12-5-3-2-4-6-12/h2-9H,10H2,1H3/p+1. The van der Waals surface area contributed by atoms with Crippen LogP contribution in [-0.2, 0) is 6.61 Å². The van der Waals surface area contributed by atoms with E-state index in [-0.39, 0.29) is 0 Å². The average molecular weight is 228 g/mol. The fourth-order valence-corrected chi connectivity index (χ4v) is 1.54. The lowest BCUT2D eigenvalue weighted by atomic mass is 10.2. The summed E-state index contributed by atoms with van der Waals surface area (Å²) in [6.45, 7) is 2.38. The minimum Gasteiger partial charge on any atom is -0.489 e. The van der Waals surface area contributed by atoms with E-state index in [4.69, 9.17) is 4.74 Å². The molecule has 0 aromatic heterocycles. The molecule has 0 aliphatic carbocycles. The van der Waals surface area contributed by atoms with Crippen LogP contribution in [0.3, 0.4) is 0 Å². The lowest BCUT2D eigenvalue weighted by Crippen LogP contribution is -2.56. The van der Waals surface area contributed by atoms with Crippen LogP contribution in [0.5, 0.6) is 5.75 Å². The number of aryl methyl sites for hydroxylation is 1. The molecule has 3 heteroatoms. The number of rotatable bonds is 4. The van der Waals surface area contributed by atoms with Crippen molar-refractivity contribution < 1.29 is 9.91 Å². The van der Waals surface area contributed by atoms with Crippen molar-refractivity contribution in [3.05, 3.63) is 64.6 Å². The predicted octanol–water partition coefficient (Wildman–Crippen LogP) is 2.05. The normalized spacial score (nSPS) is 9.94. The molecule has 0 aliphatic rings. The number of nitroso groups, excluding NO2 is 1. The smallest absolute Gasteiger partial charge is 0.259 e. The van der Waals surface area contributed by atoms with Gasteiger partial charge in [-0.15, -0.1) is 0 Å². The highest BCUT2D eigenvalue weighted by atomic mass is 16.5. The molecule has 3 nitrogen and oxygen atoms in total. The maximum Gasteiger partial charge on any atom is 0.259 e. The maximum absolute atomic E-state index is 10.7. The number of ether oxygens (including phenoxy) is 1. The van der Waals surface area contributed by atoms with Gasteiger partial charge in [0.2, 0.25) is 0 Å². The fourth-order valence-electron chi connectivity index (χ4n) is 1.54. The number of hydrogen-bond donors (Lipinski definition) is 1. The molecule has 17 heavy (non-hydrogen) atoms. The van der Waals surface area contributed by atoms with E-state index in [1.54, 1.807) is 6.07 Å². The summed E-state index contributed by atoms with van der Waals surface area (Å²) < 4.78 is 5.61. The Hall–Kier alpha value is -2.16. The molecule has 0 heterocycles. The molecule has 2 aromatic rings. The summed E-state index contributed by atoms with van der Waals surface area (Å²) in [6.07, 6.45) is 0. The topological polar surface area (TPSA) is 40.3 Å². The highest BCUT2D eigenvalue weighted by Gasteiger charge is 2.06. The SMILES string of the molecule is Cc1ccc(OCc2ccccc2)cc1[NH+]=O. The zero-order valence-corrected chi connectivity index (χ0v) is 9.64. The van der Waals surface area contributed by atoms with Gasteiger partial charge in [0, 0.05) is 15.6 Å². The lowest BCUT2D eigenvalue weighted by molar-refractivity contribution is -0.380. The van der Waals surface area contributed by atoms with Crippen molar-refractivity contribution in [2.45, 2.75) is 13.5 Å². The third kappa shape index (κ3) is 2.91. The van der Waals surface area contributed by atoms with Gasteiger partial charge in [0.15, 0.2) is 0 Å². The van der Waals surface area contributed by atoms with Crippen molar-refractivity contribution in [2.75, 3.05) is 0 Å². The van der Waals surface area contributed by atoms with Gasteiger partial charge in [-0.05, 0) is 24.6 Å². The molecule has 86 valence electrons. The molecule has 0 radical (unpaired) electrons. The van der Waals surface area contributed by atoms with Crippen molar-refractivity contribution in [2.24, 2.45) is 0 Å². The molecule has 0 fully saturated rings. The average Bonchev–Trinajstić information content (AvgIpc) is 2.39. The molecule has 0 unspecified atom stereocenters. The quantitative estimate of drug-likeness (QED) is 0.870. The zero-order chi connectivity index (χ0) is 12.1. The predicted molar refractivity (Wildman–Crippen MR) is 65.9 cm³/mol.